The number of nitrogens with one attached hydrogen (secondary N) is 1. The minimum absolute atomic E-state index is 0.0574. The molecule has 1 aromatic rings. The Morgan fingerprint density at radius 3 is 2.75 bits per heavy atom. The molecule has 110 valence electrons. The van der Waals surface area contributed by atoms with Crippen molar-refractivity contribution >= 4 is 33.4 Å². The molecule has 0 aromatic heterocycles. The van der Waals surface area contributed by atoms with Crippen molar-refractivity contribution in [1.29, 1.82) is 0 Å². The van der Waals surface area contributed by atoms with Gasteiger partial charge in [-0.25, -0.2) is 0 Å². The first-order chi connectivity index (χ1) is 9.66. The molecule has 5 heteroatoms. The summed E-state index contributed by atoms with van der Waals surface area (Å²) in [5.41, 5.74) is 0.608. The molecule has 3 nitrogen and oxygen atoms in total. The lowest BCUT2D eigenvalue weighted by Crippen LogP contribution is -2.33. The summed E-state index contributed by atoms with van der Waals surface area (Å²) in [6.07, 6.45) is 4.97. The number of hydrogen-bond donors (Lipinski definition) is 1. The van der Waals surface area contributed by atoms with Crippen LogP contribution in [0.25, 0.3) is 0 Å². The van der Waals surface area contributed by atoms with Crippen LogP contribution in [0.15, 0.2) is 22.7 Å². The van der Waals surface area contributed by atoms with E-state index in [1.807, 2.05) is 0 Å². The zero-order valence-electron chi connectivity index (χ0n) is 11.5. The van der Waals surface area contributed by atoms with Crippen molar-refractivity contribution in [2.75, 3.05) is 26.2 Å². The van der Waals surface area contributed by atoms with Crippen LogP contribution in [0, 0.1) is 0 Å². The van der Waals surface area contributed by atoms with E-state index in [1.165, 1.54) is 32.4 Å². The molecule has 2 rings (SSSR count). The van der Waals surface area contributed by atoms with E-state index in [1.54, 1.807) is 18.2 Å². The molecule has 0 radical (unpaired) electrons. The number of nitrogens with zero attached hydrogens (tertiary/aromatic N) is 1. The Bertz CT molecular complexity index is 461. The lowest BCUT2D eigenvalue weighted by atomic mass is 10.1. The van der Waals surface area contributed by atoms with Gasteiger partial charge in [0.25, 0.3) is 5.91 Å². The summed E-state index contributed by atoms with van der Waals surface area (Å²) in [5.74, 6) is -0.0574. The molecule has 1 heterocycles. The average Bonchev–Trinajstić information content (AvgIpc) is 2.47. The Kier molecular flexibility index (Phi) is 6.33. The van der Waals surface area contributed by atoms with E-state index >= 15 is 0 Å². The number of benzene rings is 1. The fraction of sp³-hybridized carbons (Fsp3) is 0.533. The summed E-state index contributed by atoms with van der Waals surface area (Å²) in [6.45, 7) is 4.19. The minimum atomic E-state index is -0.0574. The van der Waals surface area contributed by atoms with E-state index in [-0.39, 0.29) is 5.91 Å². The predicted molar refractivity (Wildman–Crippen MR) is 86.4 cm³/mol. The van der Waals surface area contributed by atoms with E-state index < -0.39 is 0 Å². The molecule has 1 fully saturated rings. The second-order valence-electron chi connectivity index (χ2n) is 5.14. The van der Waals surface area contributed by atoms with Crippen LogP contribution in [0.3, 0.4) is 0 Å². The third-order valence-electron chi connectivity index (χ3n) is 3.57. The van der Waals surface area contributed by atoms with Gasteiger partial charge in [0.05, 0.1) is 5.02 Å². The molecular formula is C15H20BrClN2O. The van der Waals surface area contributed by atoms with Crippen LogP contribution in [-0.2, 0) is 0 Å². The summed E-state index contributed by atoms with van der Waals surface area (Å²) >= 11 is 9.30. The molecular weight excluding hydrogens is 340 g/mol. The minimum Gasteiger partial charge on any atom is -0.352 e. The normalized spacial score (nSPS) is 16.1. The van der Waals surface area contributed by atoms with Crippen molar-refractivity contribution in [3.05, 3.63) is 33.3 Å². The highest BCUT2D eigenvalue weighted by Gasteiger charge is 2.10. The predicted octanol–water partition coefficient (Wildman–Crippen LogP) is 3.71. The van der Waals surface area contributed by atoms with E-state index in [4.69, 9.17) is 11.6 Å². The van der Waals surface area contributed by atoms with Gasteiger partial charge in [0.2, 0.25) is 0 Å². The number of hydrogen-bond acceptors (Lipinski definition) is 2. The number of piperidine rings is 1. The van der Waals surface area contributed by atoms with Crippen molar-refractivity contribution in [2.45, 2.75) is 25.7 Å². The Morgan fingerprint density at radius 2 is 2.05 bits per heavy atom. The van der Waals surface area contributed by atoms with Gasteiger partial charge < -0.3 is 10.2 Å². The average molecular weight is 360 g/mol. The fourth-order valence-electron chi connectivity index (χ4n) is 2.43. The maximum atomic E-state index is 12.0. The van der Waals surface area contributed by atoms with Crippen LogP contribution in [0.2, 0.25) is 5.02 Å². The number of likely N-dealkylation sites (tertiary alicyclic amines) is 1. The van der Waals surface area contributed by atoms with Crippen molar-refractivity contribution in [3.63, 3.8) is 0 Å². The van der Waals surface area contributed by atoms with Crippen LogP contribution in [0.4, 0.5) is 0 Å². The molecule has 0 spiro atoms. The summed E-state index contributed by atoms with van der Waals surface area (Å²) in [7, 11) is 0. The molecule has 0 bridgehead atoms. The molecule has 1 aliphatic heterocycles. The molecule has 1 aliphatic rings. The molecule has 20 heavy (non-hydrogen) atoms. The summed E-state index contributed by atoms with van der Waals surface area (Å²) in [6, 6.07) is 5.26. The van der Waals surface area contributed by atoms with Gasteiger partial charge >= 0.3 is 0 Å². The van der Waals surface area contributed by atoms with E-state index in [0.29, 0.717) is 17.1 Å². The Balaban J connectivity index is 1.70. The standard InChI is InChI=1S/C15H20BrClN2O/c16-13-6-5-12(11-14(13)17)15(20)18-7-4-10-19-8-2-1-3-9-19/h5-6,11H,1-4,7-10H2,(H,18,20). The van der Waals surface area contributed by atoms with Crippen molar-refractivity contribution in [1.82, 2.24) is 10.2 Å². The zero-order valence-corrected chi connectivity index (χ0v) is 13.8. The van der Waals surface area contributed by atoms with Gasteiger partial charge in [-0.1, -0.05) is 18.0 Å². The molecule has 1 N–H and O–H groups in total. The highest BCUT2D eigenvalue weighted by molar-refractivity contribution is 9.10. The van der Waals surface area contributed by atoms with Crippen LogP contribution in [0.1, 0.15) is 36.0 Å². The Hall–Kier alpha value is -0.580. The van der Waals surface area contributed by atoms with Crippen LogP contribution in [-0.4, -0.2) is 37.0 Å². The Labute approximate surface area is 133 Å². The van der Waals surface area contributed by atoms with Crippen molar-refractivity contribution in [2.24, 2.45) is 0 Å². The van der Waals surface area contributed by atoms with Gasteiger partial charge in [-0.05, 0) is 73.0 Å². The number of amides is 1. The monoisotopic (exact) mass is 358 g/mol. The second-order valence-corrected chi connectivity index (χ2v) is 6.40. The summed E-state index contributed by atoms with van der Waals surface area (Å²) in [4.78, 5) is 14.4. The molecule has 0 atom stereocenters. The summed E-state index contributed by atoms with van der Waals surface area (Å²) < 4.78 is 0.806. The highest BCUT2D eigenvalue weighted by atomic mass is 79.9. The van der Waals surface area contributed by atoms with Crippen LogP contribution < -0.4 is 5.32 Å². The number of carbonyl (C=O) groups is 1. The van der Waals surface area contributed by atoms with Gasteiger partial charge in [-0.2, -0.15) is 0 Å². The smallest absolute Gasteiger partial charge is 0.251 e. The molecule has 0 unspecified atom stereocenters. The molecule has 1 amide bonds. The SMILES string of the molecule is O=C(NCCCN1CCCCC1)c1ccc(Br)c(Cl)c1. The maximum absolute atomic E-state index is 12.0. The van der Waals surface area contributed by atoms with Gasteiger partial charge in [0.1, 0.15) is 0 Å². The topological polar surface area (TPSA) is 32.3 Å². The van der Waals surface area contributed by atoms with Crippen LogP contribution in [0.5, 0.6) is 0 Å². The van der Waals surface area contributed by atoms with Gasteiger partial charge in [-0.15, -0.1) is 0 Å². The number of carbonyl (C=O) groups excluding carboxylic acids is 1. The molecule has 1 aromatic carbocycles. The first-order valence-electron chi connectivity index (χ1n) is 7.12. The van der Waals surface area contributed by atoms with E-state index in [2.05, 4.69) is 26.1 Å². The van der Waals surface area contributed by atoms with Gasteiger partial charge in [0.15, 0.2) is 0 Å². The third-order valence-corrected chi connectivity index (χ3v) is 4.80. The third kappa shape index (κ3) is 4.76. The fourth-order valence-corrected chi connectivity index (χ4v) is 2.85. The van der Waals surface area contributed by atoms with Crippen LogP contribution >= 0.6 is 27.5 Å². The van der Waals surface area contributed by atoms with Gasteiger partial charge in [0, 0.05) is 16.6 Å². The van der Waals surface area contributed by atoms with Crippen molar-refractivity contribution in [3.8, 4) is 0 Å². The summed E-state index contributed by atoms with van der Waals surface area (Å²) in [5, 5.41) is 3.51. The Morgan fingerprint density at radius 1 is 1.30 bits per heavy atom. The highest BCUT2D eigenvalue weighted by Crippen LogP contribution is 2.23. The lowest BCUT2D eigenvalue weighted by molar-refractivity contribution is 0.0951. The number of rotatable bonds is 5. The zero-order chi connectivity index (χ0) is 14.4. The van der Waals surface area contributed by atoms with E-state index in [0.717, 1.165) is 17.4 Å². The first kappa shape index (κ1) is 15.8. The molecule has 0 aliphatic carbocycles. The van der Waals surface area contributed by atoms with E-state index in [9.17, 15) is 4.79 Å². The second kappa shape index (κ2) is 8.01. The number of halogens is 2. The molecule has 0 saturated carbocycles. The quantitative estimate of drug-likeness (QED) is 0.813. The van der Waals surface area contributed by atoms with Gasteiger partial charge in [-0.3, -0.25) is 4.79 Å². The van der Waals surface area contributed by atoms with Crippen molar-refractivity contribution < 1.29 is 4.79 Å². The maximum Gasteiger partial charge on any atom is 0.251 e. The lowest BCUT2D eigenvalue weighted by Gasteiger charge is -2.26. The largest absolute Gasteiger partial charge is 0.352 e. The molecule has 1 saturated heterocycles. The first-order valence-corrected chi connectivity index (χ1v) is 8.29.